The zero-order valence-corrected chi connectivity index (χ0v) is 20.4. The quantitative estimate of drug-likeness (QED) is 0.549. The number of para-hydroxylation sites is 1. The van der Waals surface area contributed by atoms with Gasteiger partial charge in [0, 0.05) is 50.5 Å². The zero-order valence-electron chi connectivity index (χ0n) is 20.4. The van der Waals surface area contributed by atoms with E-state index in [2.05, 4.69) is 58.3 Å². The molecule has 0 atom stereocenters. The summed E-state index contributed by atoms with van der Waals surface area (Å²) < 4.78 is 16.8. The van der Waals surface area contributed by atoms with Gasteiger partial charge in [-0.25, -0.2) is 0 Å². The summed E-state index contributed by atoms with van der Waals surface area (Å²) in [5.41, 5.74) is 4.56. The van der Waals surface area contributed by atoms with E-state index in [4.69, 9.17) is 14.2 Å². The Hall–Kier alpha value is -3.71. The van der Waals surface area contributed by atoms with Crippen molar-refractivity contribution in [3.05, 3.63) is 83.4 Å². The van der Waals surface area contributed by atoms with Gasteiger partial charge in [-0.2, -0.15) is 0 Å². The first-order chi connectivity index (χ1) is 17.7. The largest absolute Gasteiger partial charge is 0.491 e. The molecule has 7 nitrogen and oxygen atoms in total. The Morgan fingerprint density at radius 2 is 1.53 bits per heavy atom. The maximum absolute atomic E-state index is 13.2. The Morgan fingerprint density at radius 3 is 2.39 bits per heavy atom. The number of anilines is 1. The molecule has 186 valence electrons. The summed E-state index contributed by atoms with van der Waals surface area (Å²) in [5, 5.41) is 0. The summed E-state index contributed by atoms with van der Waals surface area (Å²) >= 11 is 0. The monoisotopic (exact) mass is 485 g/mol. The molecule has 0 spiro atoms. The predicted octanol–water partition coefficient (Wildman–Crippen LogP) is 3.70. The van der Waals surface area contributed by atoms with Gasteiger partial charge < -0.3 is 24.0 Å². The number of fused-ring (bicyclic) bond motifs is 2. The molecule has 0 radical (unpaired) electrons. The van der Waals surface area contributed by atoms with Crippen LogP contribution < -0.4 is 19.1 Å². The minimum Gasteiger partial charge on any atom is -0.491 e. The highest BCUT2D eigenvalue weighted by atomic mass is 16.7. The second-order valence-electron chi connectivity index (χ2n) is 9.57. The number of rotatable bonds is 5. The van der Waals surface area contributed by atoms with Crippen LogP contribution in [0.5, 0.6) is 17.2 Å². The van der Waals surface area contributed by atoms with Gasteiger partial charge >= 0.3 is 0 Å². The van der Waals surface area contributed by atoms with E-state index in [1.54, 1.807) is 0 Å². The number of amides is 1. The number of benzene rings is 3. The third-order valence-corrected chi connectivity index (χ3v) is 7.15. The first kappa shape index (κ1) is 22.7. The molecule has 1 fully saturated rings. The average Bonchev–Trinajstić information content (AvgIpc) is 3.27. The van der Waals surface area contributed by atoms with Crippen LogP contribution in [-0.4, -0.2) is 61.8 Å². The van der Waals surface area contributed by atoms with Crippen LogP contribution in [0.4, 0.5) is 5.69 Å². The first-order valence-electron chi connectivity index (χ1n) is 12.6. The summed E-state index contributed by atoms with van der Waals surface area (Å²) in [4.78, 5) is 20.0. The number of carbonyl (C=O) groups excluding carboxylic acids is 1. The van der Waals surface area contributed by atoms with E-state index in [-0.39, 0.29) is 12.7 Å². The summed E-state index contributed by atoms with van der Waals surface area (Å²) in [6.45, 7) is 6.90. The molecule has 0 bridgehead atoms. The molecule has 6 rings (SSSR count). The second kappa shape index (κ2) is 10.1. The van der Waals surface area contributed by atoms with Crippen LogP contribution in [0, 0.1) is 0 Å². The normalized spacial score (nSPS) is 17.3. The minimum atomic E-state index is 0.0905. The average molecular weight is 486 g/mol. The van der Waals surface area contributed by atoms with E-state index in [9.17, 15) is 4.79 Å². The van der Waals surface area contributed by atoms with E-state index in [1.165, 1.54) is 11.3 Å². The summed E-state index contributed by atoms with van der Waals surface area (Å²) in [6.07, 6.45) is 0.331. The molecule has 1 saturated heterocycles. The number of ether oxygens (including phenoxy) is 3. The number of piperazine rings is 1. The van der Waals surface area contributed by atoms with Gasteiger partial charge in [-0.3, -0.25) is 9.69 Å². The molecular formula is C29H31N3O4. The number of hydrogen-bond donors (Lipinski definition) is 0. The fraction of sp³-hybridized carbons (Fsp3) is 0.345. The lowest BCUT2D eigenvalue weighted by Crippen LogP contribution is -2.45. The maximum atomic E-state index is 13.2. The molecule has 3 heterocycles. The van der Waals surface area contributed by atoms with Gasteiger partial charge in [0.05, 0.1) is 13.0 Å². The Morgan fingerprint density at radius 1 is 0.750 bits per heavy atom. The first-order valence-corrected chi connectivity index (χ1v) is 12.6. The molecule has 36 heavy (non-hydrogen) atoms. The van der Waals surface area contributed by atoms with E-state index >= 15 is 0 Å². The SMILES string of the molecule is O=C(Cc1ccc2c(c1)OCO2)N1CCOc2ccc(CN3CCN(c4ccccc4)CC3)cc2C1. The number of carbonyl (C=O) groups is 1. The van der Waals surface area contributed by atoms with Crippen LogP contribution in [0.1, 0.15) is 16.7 Å². The van der Waals surface area contributed by atoms with Gasteiger partial charge in [-0.1, -0.05) is 30.3 Å². The zero-order chi connectivity index (χ0) is 24.3. The molecule has 0 aliphatic carbocycles. The van der Waals surface area contributed by atoms with Crippen molar-refractivity contribution >= 4 is 11.6 Å². The molecule has 3 aliphatic heterocycles. The lowest BCUT2D eigenvalue weighted by atomic mass is 10.1. The van der Waals surface area contributed by atoms with Crippen molar-refractivity contribution in [1.82, 2.24) is 9.80 Å². The molecule has 3 aliphatic rings. The Bertz CT molecular complexity index is 1220. The lowest BCUT2D eigenvalue weighted by Gasteiger charge is -2.36. The van der Waals surface area contributed by atoms with E-state index in [0.717, 1.165) is 55.3 Å². The number of hydrogen-bond acceptors (Lipinski definition) is 6. The van der Waals surface area contributed by atoms with Crippen molar-refractivity contribution in [3.63, 3.8) is 0 Å². The molecule has 0 unspecified atom stereocenters. The standard InChI is InChI=1S/C29H31N3O4/c33-29(18-22-6-9-27-28(17-22)36-21-35-27)32-14-15-34-26-8-7-23(16-24(26)20-32)19-30-10-12-31(13-11-30)25-4-2-1-3-5-25/h1-9,16-17H,10-15,18-21H2. The van der Waals surface area contributed by atoms with Crippen molar-refractivity contribution in [1.29, 1.82) is 0 Å². The van der Waals surface area contributed by atoms with Gasteiger partial charge in [-0.15, -0.1) is 0 Å². The third kappa shape index (κ3) is 4.97. The van der Waals surface area contributed by atoms with E-state index in [0.29, 0.717) is 31.9 Å². The fourth-order valence-electron chi connectivity index (χ4n) is 5.16. The highest BCUT2D eigenvalue weighted by Crippen LogP contribution is 2.33. The van der Waals surface area contributed by atoms with Crippen LogP contribution in [0.15, 0.2) is 66.7 Å². The van der Waals surface area contributed by atoms with E-state index < -0.39 is 0 Å². The lowest BCUT2D eigenvalue weighted by molar-refractivity contribution is -0.131. The highest BCUT2D eigenvalue weighted by molar-refractivity contribution is 5.79. The van der Waals surface area contributed by atoms with Crippen molar-refractivity contribution in [2.24, 2.45) is 0 Å². The summed E-state index contributed by atoms with van der Waals surface area (Å²) in [5.74, 6) is 2.41. The second-order valence-corrected chi connectivity index (χ2v) is 9.57. The van der Waals surface area contributed by atoms with Crippen LogP contribution in [0.25, 0.3) is 0 Å². The highest BCUT2D eigenvalue weighted by Gasteiger charge is 2.23. The van der Waals surface area contributed by atoms with Crippen LogP contribution >= 0.6 is 0 Å². The van der Waals surface area contributed by atoms with Crippen molar-refractivity contribution in [2.45, 2.75) is 19.5 Å². The summed E-state index contributed by atoms with van der Waals surface area (Å²) in [6, 6.07) is 22.8. The van der Waals surface area contributed by atoms with E-state index in [1.807, 2.05) is 23.1 Å². The molecular weight excluding hydrogens is 454 g/mol. The Labute approximate surface area is 211 Å². The predicted molar refractivity (Wildman–Crippen MR) is 138 cm³/mol. The Balaban J connectivity index is 1.08. The molecule has 7 heteroatoms. The number of nitrogens with zero attached hydrogens (tertiary/aromatic N) is 3. The topological polar surface area (TPSA) is 54.5 Å². The smallest absolute Gasteiger partial charge is 0.231 e. The molecule has 3 aromatic rings. The Kier molecular flexibility index (Phi) is 6.38. The molecule has 0 aromatic heterocycles. The van der Waals surface area contributed by atoms with Gasteiger partial charge in [0.25, 0.3) is 0 Å². The van der Waals surface area contributed by atoms with Gasteiger partial charge in [0.1, 0.15) is 12.4 Å². The van der Waals surface area contributed by atoms with Crippen molar-refractivity contribution < 1.29 is 19.0 Å². The molecule has 0 N–H and O–H groups in total. The van der Waals surface area contributed by atoms with Gasteiger partial charge in [0.2, 0.25) is 12.7 Å². The van der Waals surface area contributed by atoms with Crippen molar-refractivity contribution in [3.8, 4) is 17.2 Å². The summed E-state index contributed by atoms with van der Waals surface area (Å²) in [7, 11) is 0. The fourth-order valence-corrected chi connectivity index (χ4v) is 5.16. The maximum Gasteiger partial charge on any atom is 0.231 e. The van der Waals surface area contributed by atoms with Crippen LogP contribution in [0.2, 0.25) is 0 Å². The third-order valence-electron chi connectivity index (χ3n) is 7.15. The van der Waals surface area contributed by atoms with Gasteiger partial charge in [0.15, 0.2) is 11.5 Å². The molecule has 3 aromatic carbocycles. The van der Waals surface area contributed by atoms with Crippen molar-refractivity contribution in [2.75, 3.05) is 51.0 Å². The molecule has 1 amide bonds. The van der Waals surface area contributed by atoms with Gasteiger partial charge in [-0.05, 0) is 47.5 Å². The molecule has 0 saturated carbocycles. The van der Waals surface area contributed by atoms with Crippen LogP contribution in [-0.2, 0) is 24.3 Å². The van der Waals surface area contributed by atoms with Crippen LogP contribution in [0.3, 0.4) is 0 Å². The minimum absolute atomic E-state index is 0.0905.